The van der Waals surface area contributed by atoms with Gasteiger partial charge in [0.05, 0.1) is 0 Å². The zero-order valence-electron chi connectivity index (χ0n) is 22.7. The van der Waals surface area contributed by atoms with Gasteiger partial charge < -0.3 is 44.0 Å². The van der Waals surface area contributed by atoms with Crippen LogP contribution < -0.4 is 44.0 Å². The molecule has 276 valence electrons. The quantitative estimate of drug-likeness (QED) is 0.0643. The summed E-state index contributed by atoms with van der Waals surface area (Å²) in [6.45, 7) is 1.01. The Hall–Kier alpha value is 0.200. The Morgan fingerprint density at radius 2 is 0.673 bits per heavy atom. The maximum absolute atomic E-state index is 12.2. The SMILES string of the molecule is CCCC(C)(O[P+](=O)O)C(O[P+](=O)[O-])(O[P+](=O)[O-])C(O[P+](=O)[O-])(O[P+](=O)[O-])C(O[P+](=O)[O-])(O[P+](=O)[O-])C(O[P+](=O)[O-])(O[P+](=O)[O-])O[P+](=O)[O-]. The van der Waals surface area contributed by atoms with Crippen molar-refractivity contribution in [3.63, 3.8) is 0 Å². The van der Waals surface area contributed by atoms with Gasteiger partial charge in [-0.25, -0.2) is 0 Å². The predicted octanol–water partition coefficient (Wildman–Crippen LogP) is -3.74. The van der Waals surface area contributed by atoms with Crippen molar-refractivity contribution in [2.45, 2.75) is 55.6 Å². The summed E-state index contributed by atoms with van der Waals surface area (Å²) in [6.07, 6.45) is -2.19. The van der Waals surface area contributed by atoms with Crippen LogP contribution in [0.3, 0.4) is 0 Å². The fraction of sp³-hybridized carbons (Fsp3) is 1.00. The van der Waals surface area contributed by atoms with E-state index in [1.54, 1.807) is 0 Å². The molecule has 0 rings (SSSR count). The van der Waals surface area contributed by atoms with Crippen LogP contribution in [-0.2, 0) is 90.9 Å². The molecule has 0 saturated carbocycles. The lowest BCUT2D eigenvalue weighted by Crippen LogP contribution is -2.83. The van der Waals surface area contributed by atoms with Crippen LogP contribution in [0, 0.1) is 0 Å². The molecule has 1 N–H and O–H groups in total. The molecule has 30 nitrogen and oxygen atoms in total. The molecule has 40 heteroatoms. The highest BCUT2D eigenvalue weighted by Gasteiger charge is 3.00. The van der Waals surface area contributed by atoms with E-state index in [-0.39, 0.29) is 6.92 Å². The van der Waals surface area contributed by atoms with Crippen LogP contribution in [-0.4, -0.2) is 33.8 Å². The average Bonchev–Trinajstić information content (AvgIpc) is 2.83. The van der Waals surface area contributed by atoms with Gasteiger partial charge >= 0.3 is 106 Å². The monoisotopic (exact) mass is 909 g/mol. The van der Waals surface area contributed by atoms with Crippen molar-refractivity contribution >= 4 is 82.5 Å². The Morgan fingerprint density at radius 1 is 0.429 bits per heavy atom. The van der Waals surface area contributed by atoms with Gasteiger partial charge in [-0.1, -0.05) is 54.1 Å². The number of rotatable bonds is 26. The molecule has 0 aliphatic carbocycles. The van der Waals surface area contributed by atoms with Crippen LogP contribution in [0.15, 0.2) is 0 Å². The van der Waals surface area contributed by atoms with Crippen LogP contribution >= 0.6 is 82.5 Å². The summed E-state index contributed by atoms with van der Waals surface area (Å²) in [5.74, 6) is -23.1. The molecule has 0 radical (unpaired) electrons. The van der Waals surface area contributed by atoms with Crippen LogP contribution in [0.4, 0.5) is 0 Å². The van der Waals surface area contributed by atoms with E-state index in [0.29, 0.717) is 0 Å². The molecule has 0 aliphatic heterocycles. The molecule has 0 spiro atoms. The molecule has 11 atom stereocenters. The summed E-state index contributed by atoms with van der Waals surface area (Å²) < 4.78 is 161. The lowest BCUT2D eigenvalue weighted by molar-refractivity contribution is -0.519. The van der Waals surface area contributed by atoms with E-state index in [9.17, 15) is 94.6 Å². The summed E-state index contributed by atoms with van der Waals surface area (Å²) in [5.41, 5.74) is -3.93. The lowest BCUT2D eigenvalue weighted by atomic mass is 9.80. The van der Waals surface area contributed by atoms with E-state index >= 15 is 0 Å². The maximum atomic E-state index is 12.2. The Labute approximate surface area is 278 Å². The molecule has 0 bridgehead atoms. The first-order valence-corrected chi connectivity index (χ1v) is 21.6. The van der Waals surface area contributed by atoms with Gasteiger partial charge in [-0.05, 0) is 54.4 Å². The van der Waals surface area contributed by atoms with Crippen LogP contribution in [0.5, 0.6) is 0 Å². The van der Waals surface area contributed by atoms with E-state index in [1.165, 1.54) is 0 Å². The van der Waals surface area contributed by atoms with Gasteiger partial charge in [0.2, 0.25) is 0 Å². The molecule has 0 heterocycles. The number of hydrogen-bond acceptors (Lipinski definition) is 29. The van der Waals surface area contributed by atoms with Crippen molar-refractivity contribution in [1.29, 1.82) is 0 Å². The highest BCUT2D eigenvalue weighted by Crippen LogP contribution is 2.67. The van der Waals surface area contributed by atoms with Crippen molar-refractivity contribution in [3.05, 3.63) is 0 Å². The summed E-state index contributed by atoms with van der Waals surface area (Å²) in [6, 6.07) is 0. The minimum absolute atomic E-state index is 0.0640. The first-order chi connectivity index (χ1) is 22.2. The van der Waals surface area contributed by atoms with E-state index in [1.807, 2.05) is 0 Å². The maximum Gasteiger partial charge on any atom is 0.695 e. The van der Waals surface area contributed by atoms with Crippen molar-refractivity contribution in [2.24, 2.45) is 0 Å². The third-order valence-corrected chi connectivity index (χ3v) is 8.94. The van der Waals surface area contributed by atoms with E-state index in [0.717, 1.165) is 6.92 Å². The predicted molar refractivity (Wildman–Crippen MR) is 123 cm³/mol. The summed E-state index contributed by atoms with van der Waals surface area (Å²) >= 11 is 0. The van der Waals surface area contributed by atoms with Gasteiger partial charge in [0.1, 0.15) is 0 Å². The zero-order chi connectivity index (χ0) is 38.8. The minimum Gasteiger partial charge on any atom is -0.566 e. The molecular formula is C9H11O30P10+. The second-order valence-corrected chi connectivity index (χ2v) is 13.9. The standard InChI is InChI=1S/C9H10O30P10/c1-3-4-5(2,30-40(10)11)6(31-41(12)13,32-42(14)15)7(33-43(16)17,34-44(18)19)8(35-45(20)21,36-46(22)23)9(37-47(24)25,38-48(26)27)39-49(28)29/h3-4H2,1-2H3/p+1. The third-order valence-electron chi connectivity index (χ3n) is 4.78. The van der Waals surface area contributed by atoms with Gasteiger partial charge in [-0.15, -0.1) is 9.42 Å². The topological polar surface area (TPSA) is 491 Å². The molecular weight excluding hydrogens is 898 g/mol. The smallest absolute Gasteiger partial charge is 0.566 e. The summed E-state index contributed by atoms with van der Waals surface area (Å²) in [4.78, 5) is 118. The molecule has 0 saturated heterocycles. The average molecular weight is 909 g/mol. The molecule has 0 aromatic heterocycles. The van der Waals surface area contributed by atoms with Gasteiger partial charge in [0, 0.05) is 4.57 Å². The number of hydrogen-bond donors (Lipinski definition) is 1. The van der Waals surface area contributed by atoms with E-state index < -0.39 is 124 Å². The molecule has 0 aromatic carbocycles. The first-order valence-electron chi connectivity index (χ1n) is 10.6. The Bertz CT molecular complexity index is 1290. The van der Waals surface area contributed by atoms with E-state index in [2.05, 4.69) is 45.2 Å². The highest BCUT2D eigenvalue weighted by atomic mass is 31.2. The first kappa shape index (κ1) is 49.2. The zero-order valence-corrected chi connectivity index (χ0v) is 31.6. The molecule has 0 aliphatic rings. The Balaban J connectivity index is 10.1. The Morgan fingerprint density at radius 3 is 0.898 bits per heavy atom. The Kier molecular flexibility index (Phi) is 20.7. The molecule has 49 heavy (non-hydrogen) atoms. The molecule has 0 fully saturated rings. The van der Waals surface area contributed by atoms with E-state index in [4.69, 9.17) is 0 Å². The van der Waals surface area contributed by atoms with Gasteiger partial charge in [-0.3, -0.25) is 0 Å². The summed E-state index contributed by atoms with van der Waals surface area (Å²) in [7, 11) is -52.5. The second-order valence-electron chi connectivity index (χ2n) is 7.55. The van der Waals surface area contributed by atoms with Crippen molar-refractivity contribution in [3.8, 4) is 0 Å². The van der Waals surface area contributed by atoms with Crippen LogP contribution in [0.2, 0.25) is 0 Å². The van der Waals surface area contributed by atoms with Crippen molar-refractivity contribution < 1.29 is 140 Å². The lowest BCUT2D eigenvalue weighted by Gasteiger charge is -2.47. The second kappa shape index (κ2) is 20.6. The third kappa shape index (κ3) is 12.6. The van der Waals surface area contributed by atoms with Gasteiger partial charge in [-0.2, -0.15) is 0 Å². The molecule has 0 aromatic rings. The molecule has 0 amide bonds. The normalized spacial score (nSPS) is 21.2. The van der Waals surface area contributed by atoms with Crippen LogP contribution in [0.25, 0.3) is 0 Å². The largest absolute Gasteiger partial charge is 0.695 e. The van der Waals surface area contributed by atoms with Crippen molar-refractivity contribution in [2.75, 3.05) is 0 Å². The summed E-state index contributed by atoms with van der Waals surface area (Å²) in [5, 5.41) is 0. The van der Waals surface area contributed by atoms with Crippen LogP contribution in [0.1, 0.15) is 26.7 Å². The fourth-order valence-electron chi connectivity index (χ4n) is 3.68. The van der Waals surface area contributed by atoms with Gasteiger partial charge in [0.15, 0.2) is 5.60 Å². The molecule has 11 unspecified atom stereocenters. The van der Waals surface area contributed by atoms with Gasteiger partial charge in [0.25, 0.3) is 0 Å². The minimum atomic E-state index is -6.04. The fourth-order valence-corrected chi connectivity index (χ4v) is 8.81. The van der Waals surface area contributed by atoms with Crippen molar-refractivity contribution in [1.82, 2.24) is 0 Å². The highest BCUT2D eigenvalue weighted by molar-refractivity contribution is 7.34.